The van der Waals surface area contributed by atoms with Crippen LogP contribution in [-0.4, -0.2) is 37.0 Å². The fraction of sp³-hybridized carbons (Fsp3) is 0.450. The summed E-state index contributed by atoms with van der Waals surface area (Å²) in [6.45, 7) is 4.74. The number of hydrogen-bond acceptors (Lipinski definition) is 5. The van der Waals surface area contributed by atoms with E-state index in [1.807, 2.05) is 47.5 Å². The molecule has 1 aromatic heterocycles. The van der Waals surface area contributed by atoms with Crippen molar-refractivity contribution in [1.29, 1.82) is 0 Å². The van der Waals surface area contributed by atoms with Gasteiger partial charge in [0.2, 0.25) is 5.91 Å². The lowest BCUT2D eigenvalue weighted by Crippen LogP contribution is -2.43. The van der Waals surface area contributed by atoms with Crippen molar-refractivity contribution in [2.75, 3.05) is 20.2 Å². The smallest absolute Gasteiger partial charge is 0.239 e. The zero-order valence-electron chi connectivity index (χ0n) is 15.4. The number of nitrogens with zero attached hydrogens (tertiary/aromatic N) is 1. The van der Waals surface area contributed by atoms with Crippen molar-refractivity contribution in [3.8, 4) is 11.5 Å². The van der Waals surface area contributed by atoms with Gasteiger partial charge in [0.1, 0.15) is 6.61 Å². The summed E-state index contributed by atoms with van der Waals surface area (Å²) in [6, 6.07) is 9.91. The molecule has 1 aliphatic heterocycles. The first-order valence-electron chi connectivity index (χ1n) is 9.05. The quantitative estimate of drug-likeness (QED) is 0.769. The van der Waals surface area contributed by atoms with E-state index in [1.165, 1.54) is 4.88 Å². The van der Waals surface area contributed by atoms with Crippen LogP contribution in [0.25, 0.3) is 0 Å². The van der Waals surface area contributed by atoms with Crippen LogP contribution < -0.4 is 14.8 Å². The fourth-order valence-corrected chi connectivity index (χ4v) is 3.77. The molecule has 0 aliphatic carbocycles. The summed E-state index contributed by atoms with van der Waals surface area (Å²) in [5.41, 5.74) is 1.04. The van der Waals surface area contributed by atoms with E-state index >= 15 is 0 Å². The van der Waals surface area contributed by atoms with E-state index in [9.17, 15) is 4.79 Å². The van der Waals surface area contributed by atoms with Crippen LogP contribution >= 0.6 is 11.3 Å². The molecule has 1 unspecified atom stereocenters. The molecule has 1 N–H and O–H groups in total. The lowest BCUT2D eigenvalue weighted by Gasteiger charge is -2.24. The summed E-state index contributed by atoms with van der Waals surface area (Å²) < 4.78 is 11.4. The zero-order chi connectivity index (χ0) is 18.4. The van der Waals surface area contributed by atoms with Crippen LogP contribution in [0.5, 0.6) is 11.5 Å². The van der Waals surface area contributed by atoms with Crippen LogP contribution in [0, 0.1) is 0 Å². The Morgan fingerprint density at radius 3 is 2.88 bits per heavy atom. The van der Waals surface area contributed by atoms with Crippen LogP contribution in [0.15, 0.2) is 35.7 Å². The summed E-state index contributed by atoms with van der Waals surface area (Å²) in [5, 5.41) is 5.32. The van der Waals surface area contributed by atoms with E-state index in [4.69, 9.17) is 9.47 Å². The van der Waals surface area contributed by atoms with Crippen LogP contribution in [0.4, 0.5) is 0 Å². The van der Waals surface area contributed by atoms with Gasteiger partial charge >= 0.3 is 0 Å². The highest BCUT2D eigenvalue weighted by Crippen LogP contribution is 2.30. The van der Waals surface area contributed by atoms with E-state index in [2.05, 4.69) is 5.32 Å². The number of likely N-dealkylation sites (N-methyl/N-ethyl adjacent to an activating group) is 1. The van der Waals surface area contributed by atoms with Crippen LogP contribution in [0.3, 0.4) is 0 Å². The monoisotopic (exact) mass is 374 g/mol. The Morgan fingerprint density at radius 2 is 2.23 bits per heavy atom. The van der Waals surface area contributed by atoms with Crippen molar-refractivity contribution >= 4 is 17.2 Å². The topological polar surface area (TPSA) is 50.8 Å². The van der Waals surface area contributed by atoms with Gasteiger partial charge in [-0.25, -0.2) is 0 Å². The standard InChI is InChI=1S/C20H26N2O3S/c1-3-22(20(23)17-7-4-10-21-17)13-15-8-9-18(19(12-15)24-2)25-14-16-6-5-11-26-16/h5-6,8-9,11-12,17,21H,3-4,7,10,13-14H2,1-2H3. The molecule has 2 heterocycles. The molecular weight excluding hydrogens is 348 g/mol. The second kappa shape index (κ2) is 9.05. The molecule has 1 atom stereocenters. The van der Waals surface area contributed by atoms with Gasteiger partial charge < -0.3 is 19.7 Å². The summed E-state index contributed by atoms with van der Waals surface area (Å²) in [6.07, 6.45) is 1.99. The van der Waals surface area contributed by atoms with E-state index in [1.54, 1.807) is 18.4 Å². The lowest BCUT2D eigenvalue weighted by molar-refractivity contribution is -0.133. The van der Waals surface area contributed by atoms with Gasteiger partial charge in [-0.05, 0) is 55.5 Å². The minimum atomic E-state index is -0.0368. The van der Waals surface area contributed by atoms with Gasteiger partial charge in [0.15, 0.2) is 11.5 Å². The molecule has 1 saturated heterocycles. The van der Waals surface area contributed by atoms with Gasteiger partial charge in [-0.1, -0.05) is 12.1 Å². The molecule has 0 saturated carbocycles. The molecule has 1 aliphatic rings. The van der Waals surface area contributed by atoms with Crippen molar-refractivity contribution in [3.05, 3.63) is 46.2 Å². The molecule has 0 spiro atoms. The Morgan fingerprint density at radius 1 is 1.35 bits per heavy atom. The molecule has 5 nitrogen and oxygen atoms in total. The van der Waals surface area contributed by atoms with Crippen molar-refractivity contribution in [3.63, 3.8) is 0 Å². The maximum absolute atomic E-state index is 12.6. The minimum absolute atomic E-state index is 0.0368. The maximum Gasteiger partial charge on any atom is 0.239 e. The number of hydrogen-bond donors (Lipinski definition) is 1. The second-order valence-electron chi connectivity index (χ2n) is 6.35. The number of nitrogens with one attached hydrogen (secondary N) is 1. The summed E-state index contributed by atoms with van der Waals surface area (Å²) in [4.78, 5) is 15.7. The van der Waals surface area contributed by atoms with Gasteiger partial charge in [0.05, 0.1) is 13.2 Å². The van der Waals surface area contributed by atoms with Gasteiger partial charge in [-0.2, -0.15) is 0 Å². The van der Waals surface area contributed by atoms with Crippen LogP contribution in [0.1, 0.15) is 30.2 Å². The molecule has 2 aromatic rings. The highest BCUT2D eigenvalue weighted by atomic mass is 32.1. The fourth-order valence-electron chi connectivity index (χ4n) is 3.15. The molecule has 3 rings (SSSR count). The van der Waals surface area contributed by atoms with E-state index in [0.717, 1.165) is 30.7 Å². The third-order valence-corrected chi connectivity index (χ3v) is 5.45. The maximum atomic E-state index is 12.6. The first kappa shape index (κ1) is 18.7. The van der Waals surface area contributed by atoms with Gasteiger partial charge in [0.25, 0.3) is 0 Å². The number of thiophene rings is 1. The Balaban J connectivity index is 1.66. The average Bonchev–Trinajstić information content (AvgIpc) is 3.38. The number of methoxy groups -OCH3 is 1. The van der Waals surface area contributed by atoms with E-state index in [-0.39, 0.29) is 11.9 Å². The number of ether oxygens (including phenoxy) is 2. The summed E-state index contributed by atoms with van der Waals surface area (Å²) in [7, 11) is 1.64. The Bertz CT molecular complexity index is 712. The van der Waals surface area contributed by atoms with Gasteiger partial charge in [0, 0.05) is 18.0 Å². The SMILES string of the molecule is CCN(Cc1ccc(OCc2cccs2)c(OC)c1)C(=O)C1CCCN1. The number of rotatable bonds is 8. The third-order valence-electron chi connectivity index (χ3n) is 4.60. The predicted molar refractivity (Wildman–Crippen MR) is 104 cm³/mol. The highest BCUT2D eigenvalue weighted by molar-refractivity contribution is 7.09. The Labute approximate surface area is 158 Å². The molecule has 1 amide bonds. The number of carbonyl (C=O) groups excluding carboxylic acids is 1. The molecule has 1 aromatic carbocycles. The average molecular weight is 375 g/mol. The molecule has 26 heavy (non-hydrogen) atoms. The number of benzene rings is 1. The summed E-state index contributed by atoms with van der Waals surface area (Å²) in [5.74, 6) is 1.60. The predicted octanol–water partition coefficient (Wildman–Crippen LogP) is 3.44. The third kappa shape index (κ3) is 4.56. The molecular formula is C20H26N2O3S. The van der Waals surface area contributed by atoms with Crippen molar-refractivity contribution < 1.29 is 14.3 Å². The number of amides is 1. The second-order valence-corrected chi connectivity index (χ2v) is 7.39. The van der Waals surface area contributed by atoms with Crippen molar-refractivity contribution in [2.24, 2.45) is 0 Å². The zero-order valence-corrected chi connectivity index (χ0v) is 16.2. The Hall–Kier alpha value is -2.05. The lowest BCUT2D eigenvalue weighted by atomic mass is 10.1. The molecule has 1 fully saturated rings. The van der Waals surface area contributed by atoms with Crippen LogP contribution in [-0.2, 0) is 17.9 Å². The van der Waals surface area contributed by atoms with Gasteiger partial charge in [-0.15, -0.1) is 11.3 Å². The van der Waals surface area contributed by atoms with E-state index < -0.39 is 0 Å². The molecule has 140 valence electrons. The highest BCUT2D eigenvalue weighted by Gasteiger charge is 2.26. The van der Waals surface area contributed by atoms with Crippen molar-refractivity contribution in [1.82, 2.24) is 10.2 Å². The van der Waals surface area contributed by atoms with Gasteiger partial charge in [-0.3, -0.25) is 4.79 Å². The van der Waals surface area contributed by atoms with E-state index in [0.29, 0.717) is 25.4 Å². The number of carbonyl (C=O) groups is 1. The minimum Gasteiger partial charge on any atom is -0.493 e. The largest absolute Gasteiger partial charge is 0.493 e. The molecule has 0 bridgehead atoms. The normalized spacial score (nSPS) is 16.5. The van der Waals surface area contributed by atoms with Crippen molar-refractivity contribution in [2.45, 2.75) is 39.0 Å². The first-order chi connectivity index (χ1) is 12.7. The Kier molecular flexibility index (Phi) is 6.52. The summed E-state index contributed by atoms with van der Waals surface area (Å²) >= 11 is 1.67. The first-order valence-corrected chi connectivity index (χ1v) is 9.93. The molecule has 6 heteroatoms. The molecule has 0 radical (unpaired) electrons. The van der Waals surface area contributed by atoms with Crippen LogP contribution in [0.2, 0.25) is 0 Å².